The lowest BCUT2D eigenvalue weighted by Crippen LogP contribution is -1.94. The van der Waals surface area contributed by atoms with Crippen LogP contribution in [0, 0.1) is 0 Å². The molecule has 0 bridgehead atoms. The van der Waals surface area contributed by atoms with Gasteiger partial charge in [0.2, 0.25) is 0 Å². The molecule has 0 nitrogen and oxygen atoms in total. The molecule has 6 rings (SSSR count). The van der Waals surface area contributed by atoms with Crippen LogP contribution in [0.1, 0.15) is 47.6 Å². The van der Waals surface area contributed by atoms with E-state index in [1.165, 1.54) is 27.8 Å². The Hall–Kier alpha value is -5.46. The van der Waals surface area contributed by atoms with Gasteiger partial charge in [-0.2, -0.15) is 0 Å². The Kier molecular flexibility index (Phi) is 22.7. The van der Waals surface area contributed by atoms with Gasteiger partial charge in [0.1, 0.15) is 0 Å². The topological polar surface area (TPSA) is 0 Å². The van der Waals surface area contributed by atoms with Crippen LogP contribution < -0.4 is 0 Å². The van der Waals surface area contributed by atoms with Crippen molar-refractivity contribution >= 4 is 12.2 Å². The van der Waals surface area contributed by atoms with Gasteiger partial charge >= 0.3 is 0 Å². The first kappa shape index (κ1) is 38.6. The van der Waals surface area contributed by atoms with Gasteiger partial charge in [-0.05, 0) is 34.2 Å². The first-order chi connectivity index (χ1) is 22.7. The summed E-state index contributed by atoms with van der Waals surface area (Å²) in [6.07, 6.45) is 4.81. The Bertz CT molecular complexity index is 1380. The van der Waals surface area contributed by atoms with E-state index in [0.29, 0.717) is 5.92 Å². The second-order valence-corrected chi connectivity index (χ2v) is 9.77. The summed E-state index contributed by atoms with van der Waals surface area (Å²) in [5.74, 6) is 0.484. The molecule has 0 heterocycles. The molecule has 0 aliphatic heterocycles. The van der Waals surface area contributed by atoms with Crippen molar-refractivity contribution in [1.29, 1.82) is 0 Å². The number of hydrogen-bond acceptors (Lipinski definition) is 0. The van der Waals surface area contributed by atoms with E-state index in [-0.39, 0.29) is 0 Å². The third-order valence-electron chi connectivity index (χ3n) is 6.59. The molecular formula is C46H50. The van der Waals surface area contributed by atoms with Crippen molar-refractivity contribution in [3.8, 4) is 0 Å². The van der Waals surface area contributed by atoms with Gasteiger partial charge in [0.15, 0.2) is 0 Å². The highest BCUT2D eigenvalue weighted by Gasteiger charge is 2.05. The first-order valence-corrected chi connectivity index (χ1v) is 15.7. The molecule has 0 amide bonds. The summed E-state index contributed by atoms with van der Waals surface area (Å²) < 4.78 is 0. The fraction of sp³-hybridized carbons (Fsp3) is 0.0870. The molecule has 0 fully saturated rings. The fourth-order valence-electron chi connectivity index (χ4n) is 3.95. The van der Waals surface area contributed by atoms with E-state index in [2.05, 4.69) is 125 Å². The van der Waals surface area contributed by atoms with E-state index in [1.54, 1.807) is 0 Å². The Morgan fingerprint density at radius 1 is 0.413 bits per heavy atom. The van der Waals surface area contributed by atoms with Crippen LogP contribution in [0.25, 0.3) is 12.2 Å². The van der Waals surface area contributed by atoms with Crippen LogP contribution in [0.4, 0.5) is 0 Å². The molecule has 0 aliphatic rings. The summed E-state index contributed by atoms with van der Waals surface area (Å²) >= 11 is 0. The zero-order valence-electron chi connectivity index (χ0n) is 27.7. The molecule has 6 aromatic carbocycles. The molecule has 0 saturated heterocycles. The van der Waals surface area contributed by atoms with Crippen LogP contribution in [0.5, 0.6) is 0 Å². The van der Waals surface area contributed by atoms with E-state index >= 15 is 0 Å². The molecule has 6 aromatic rings. The minimum Gasteiger partial charge on any atom is -0.106 e. The Morgan fingerprint density at radius 3 is 0.870 bits per heavy atom. The summed E-state index contributed by atoms with van der Waals surface area (Å²) in [4.78, 5) is 0. The maximum Gasteiger partial charge on any atom is 0.00610 e. The highest BCUT2D eigenvalue weighted by Crippen LogP contribution is 2.22. The minimum atomic E-state index is 0.484. The van der Waals surface area contributed by atoms with Crippen molar-refractivity contribution in [3.05, 3.63) is 242 Å². The van der Waals surface area contributed by atoms with E-state index in [0.717, 1.165) is 6.42 Å². The lowest BCUT2D eigenvalue weighted by Gasteiger charge is -2.11. The lowest BCUT2D eigenvalue weighted by molar-refractivity contribution is 0.922. The van der Waals surface area contributed by atoms with Crippen LogP contribution in [0.3, 0.4) is 0 Å². The molecule has 46 heavy (non-hydrogen) atoms. The lowest BCUT2D eigenvalue weighted by atomic mass is 9.93. The molecule has 0 unspecified atom stereocenters. The van der Waals surface area contributed by atoms with Crippen LogP contribution in [-0.2, 0) is 6.42 Å². The second-order valence-electron chi connectivity index (χ2n) is 9.77. The molecule has 234 valence electrons. The molecule has 0 aromatic heterocycles. The van der Waals surface area contributed by atoms with Gasteiger partial charge in [-0.25, -0.2) is 0 Å². The zero-order chi connectivity index (χ0) is 33.5. The molecule has 0 heteroatoms. The SMILES string of the molecule is C=C.C=Cc1ccccc1.C=Cc1ccccc1.CC(c1ccccc1)c1ccccc1.CCc1ccccc1.c1ccccc1. The van der Waals surface area contributed by atoms with Crippen molar-refractivity contribution in [2.24, 2.45) is 0 Å². The average Bonchev–Trinajstić information content (AvgIpc) is 3.18. The van der Waals surface area contributed by atoms with Crippen molar-refractivity contribution in [2.75, 3.05) is 0 Å². The summed E-state index contributed by atoms with van der Waals surface area (Å²) in [6, 6.07) is 63.7. The maximum absolute atomic E-state index is 3.63. The molecule has 0 spiro atoms. The van der Waals surface area contributed by atoms with Crippen LogP contribution in [-0.4, -0.2) is 0 Å². The quantitative estimate of drug-likeness (QED) is 0.172. The molecule has 0 radical (unpaired) electrons. The molecule has 0 N–H and O–H groups in total. The molecule has 0 saturated carbocycles. The number of aryl methyl sites for hydroxylation is 1. The van der Waals surface area contributed by atoms with Crippen molar-refractivity contribution < 1.29 is 0 Å². The van der Waals surface area contributed by atoms with Gasteiger partial charge in [0.25, 0.3) is 0 Å². The van der Waals surface area contributed by atoms with Gasteiger partial charge in [-0.1, -0.05) is 227 Å². The Morgan fingerprint density at radius 2 is 0.652 bits per heavy atom. The minimum absolute atomic E-state index is 0.484. The third kappa shape index (κ3) is 18.3. The predicted octanol–water partition coefficient (Wildman–Crippen LogP) is 13.2. The third-order valence-corrected chi connectivity index (χ3v) is 6.59. The van der Waals surface area contributed by atoms with Crippen molar-refractivity contribution in [1.82, 2.24) is 0 Å². The number of benzene rings is 6. The summed E-state index contributed by atoms with van der Waals surface area (Å²) in [6.45, 7) is 17.7. The average molecular weight is 603 g/mol. The highest BCUT2D eigenvalue weighted by molar-refractivity contribution is 5.46. The smallest absolute Gasteiger partial charge is 0.00610 e. The molecular weight excluding hydrogens is 553 g/mol. The Labute approximate surface area is 279 Å². The first-order valence-electron chi connectivity index (χ1n) is 15.7. The monoisotopic (exact) mass is 602 g/mol. The van der Waals surface area contributed by atoms with Crippen molar-refractivity contribution in [2.45, 2.75) is 26.2 Å². The normalized spacial score (nSPS) is 8.85. The number of hydrogen-bond donors (Lipinski definition) is 0. The summed E-state index contributed by atoms with van der Waals surface area (Å²) in [7, 11) is 0. The van der Waals surface area contributed by atoms with E-state index < -0.39 is 0 Å². The van der Waals surface area contributed by atoms with Crippen molar-refractivity contribution in [3.63, 3.8) is 0 Å². The predicted molar refractivity (Wildman–Crippen MR) is 207 cm³/mol. The summed E-state index contributed by atoms with van der Waals surface area (Å²) in [5, 5.41) is 0. The zero-order valence-corrected chi connectivity index (χ0v) is 27.7. The fourth-order valence-corrected chi connectivity index (χ4v) is 3.95. The van der Waals surface area contributed by atoms with Gasteiger partial charge < -0.3 is 0 Å². The van der Waals surface area contributed by atoms with Gasteiger partial charge in [0, 0.05) is 5.92 Å². The van der Waals surface area contributed by atoms with Gasteiger partial charge in [-0.15, -0.1) is 13.2 Å². The maximum atomic E-state index is 3.63. The van der Waals surface area contributed by atoms with E-state index in [4.69, 9.17) is 0 Å². The van der Waals surface area contributed by atoms with Crippen LogP contribution in [0.2, 0.25) is 0 Å². The second kappa shape index (κ2) is 27.1. The van der Waals surface area contributed by atoms with Gasteiger partial charge in [-0.3, -0.25) is 0 Å². The molecule has 0 aliphatic carbocycles. The van der Waals surface area contributed by atoms with E-state index in [9.17, 15) is 0 Å². The standard InChI is InChI=1S/C14H14.C8H10.2C8H8.C6H6.C2H4/c1-12(13-8-4-2-5-9-13)14-10-6-3-7-11-14;3*1-2-8-6-4-3-5-7-8;1-2-4-6-5-3-1;1-2/h2-12H,1H3;3-7H,2H2,1H3;2*2-7H,1H2;1-6H;1-2H2. The van der Waals surface area contributed by atoms with E-state index in [1.807, 2.05) is 115 Å². The molecule has 0 atom stereocenters. The summed E-state index contributed by atoms with van der Waals surface area (Å²) in [5.41, 5.74) is 6.50. The van der Waals surface area contributed by atoms with Crippen LogP contribution >= 0.6 is 0 Å². The van der Waals surface area contributed by atoms with Gasteiger partial charge in [0.05, 0.1) is 0 Å². The largest absolute Gasteiger partial charge is 0.106 e. The number of rotatable bonds is 5. The Balaban J connectivity index is 0.000000293. The van der Waals surface area contributed by atoms with Crippen LogP contribution in [0.15, 0.2) is 214 Å². The highest BCUT2D eigenvalue weighted by atomic mass is 14.1.